The maximum atomic E-state index is 12.2. The van der Waals surface area contributed by atoms with E-state index in [1.54, 1.807) is 51.5 Å². The van der Waals surface area contributed by atoms with E-state index in [1.165, 1.54) is 0 Å². The van der Waals surface area contributed by atoms with E-state index >= 15 is 0 Å². The van der Waals surface area contributed by atoms with Gasteiger partial charge in [-0.1, -0.05) is 29.8 Å². The number of nitrogens with one attached hydrogen (secondary N) is 1. The Kier molecular flexibility index (Phi) is 6.32. The van der Waals surface area contributed by atoms with Crippen molar-refractivity contribution in [1.82, 2.24) is 5.32 Å². The number of para-hydroxylation sites is 1. The van der Waals surface area contributed by atoms with Crippen molar-refractivity contribution in [2.45, 2.75) is 19.6 Å². The first kappa shape index (κ1) is 17.9. The molecule has 0 spiro atoms. The summed E-state index contributed by atoms with van der Waals surface area (Å²) in [6.07, 6.45) is -0.662. The number of halogens is 1. The minimum atomic E-state index is -0.662. The van der Waals surface area contributed by atoms with E-state index in [1.807, 2.05) is 12.1 Å². The Morgan fingerprint density at radius 2 is 1.79 bits per heavy atom. The molecule has 0 saturated heterocycles. The Morgan fingerprint density at radius 3 is 2.46 bits per heavy atom. The molecule has 1 atom stereocenters. The molecule has 5 nitrogen and oxygen atoms in total. The van der Waals surface area contributed by atoms with Gasteiger partial charge < -0.3 is 19.5 Å². The molecule has 1 N–H and O–H groups in total. The van der Waals surface area contributed by atoms with Gasteiger partial charge in [0.25, 0.3) is 5.91 Å². The van der Waals surface area contributed by atoms with Gasteiger partial charge in [0.15, 0.2) is 17.6 Å². The summed E-state index contributed by atoms with van der Waals surface area (Å²) >= 11 is 6.03. The number of benzene rings is 2. The number of hydrogen-bond acceptors (Lipinski definition) is 4. The average molecular weight is 350 g/mol. The van der Waals surface area contributed by atoms with Gasteiger partial charge in [0.1, 0.15) is 5.75 Å². The van der Waals surface area contributed by atoms with Crippen LogP contribution in [0.3, 0.4) is 0 Å². The van der Waals surface area contributed by atoms with Crippen LogP contribution in [0.4, 0.5) is 0 Å². The van der Waals surface area contributed by atoms with Crippen molar-refractivity contribution in [2.75, 3.05) is 14.2 Å². The van der Waals surface area contributed by atoms with Crippen LogP contribution in [-0.4, -0.2) is 26.2 Å². The second-order valence-electron chi connectivity index (χ2n) is 5.10. The molecule has 0 unspecified atom stereocenters. The summed E-state index contributed by atoms with van der Waals surface area (Å²) in [6.45, 7) is 2.03. The molecule has 24 heavy (non-hydrogen) atoms. The molecule has 128 valence electrons. The lowest BCUT2D eigenvalue weighted by Crippen LogP contribution is -2.35. The molecule has 0 aliphatic heterocycles. The fourth-order valence-corrected chi connectivity index (χ4v) is 2.29. The van der Waals surface area contributed by atoms with Crippen molar-refractivity contribution < 1.29 is 19.0 Å². The molecular weight excluding hydrogens is 330 g/mol. The van der Waals surface area contributed by atoms with E-state index in [0.717, 1.165) is 5.56 Å². The van der Waals surface area contributed by atoms with Gasteiger partial charge in [0, 0.05) is 6.54 Å². The Morgan fingerprint density at radius 1 is 1.08 bits per heavy atom. The van der Waals surface area contributed by atoms with Crippen LogP contribution in [0.15, 0.2) is 42.5 Å². The quantitative estimate of drug-likeness (QED) is 0.832. The summed E-state index contributed by atoms with van der Waals surface area (Å²) in [5.74, 6) is 1.50. The maximum absolute atomic E-state index is 12.2. The highest BCUT2D eigenvalue weighted by Gasteiger charge is 2.16. The lowest BCUT2D eigenvalue weighted by molar-refractivity contribution is -0.127. The van der Waals surface area contributed by atoms with Crippen molar-refractivity contribution in [2.24, 2.45) is 0 Å². The summed E-state index contributed by atoms with van der Waals surface area (Å²) in [7, 11) is 3.15. The predicted octanol–water partition coefficient (Wildman–Crippen LogP) is 3.44. The van der Waals surface area contributed by atoms with Crippen LogP contribution < -0.4 is 19.5 Å². The molecule has 0 aromatic heterocycles. The van der Waals surface area contributed by atoms with Crippen LogP contribution in [0.25, 0.3) is 0 Å². The maximum Gasteiger partial charge on any atom is 0.261 e. The Balaban J connectivity index is 1.94. The molecule has 2 aromatic rings. The SMILES string of the molecule is COc1ccc(CNC(=O)[C@H](C)Oc2ccccc2Cl)cc1OC. The molecule has 2 aromatic carbocycles. The van der Waals surface area contributed by atoms with Gasteiger partial charge in [-0.15, -0.1) is 0 Å². The van der Waals surface area contributed by atoms with E-state index in [0.29, 0.717) is 28.8 Å². The minimum Gasteiger partial charge on any atom is -0.493 e. The van der Waals surface area contributed by atoms with Gasteiger partial charge in [-0.25, -0.2) is 0 Å². The van der Waals surface area contributed by atoms with Gasteiger partial charge in [-0.05, 0) is 36.8 Å². The van der Waals surface area contributed by atoms with E-state index in [4.69, 9.17) is 25.8 Å². The van der Waals surface area contributed by atoms with Gasteiger partial charge in [-0.2, -0.15) is 0 Å². The largest absolute Gasteiger partial charge is 0.493 e. The topological polar surface area (TPSA) is 56.8 Å². The highest BCUT2D eigenvalue weighted by molar-refractivity contribution is 6.32. The molecular formula is C18H20ClNO4. The average Bonchev–Trinajstić information content (AvgIpc) is 2.61. The number of amides is 1. The third kappa shape index (κ3) is 4.55. The predicted molar refractivity (Wildman–Crippen MR) is 92.9 cm³/mol. The number of carbonyl (C=O) groups excluding carboxylic acids is 1. The summed E-state index contributed by atoms with van der Waals surface area (Å²) in [4.78, 5) is 12.2. The lowest BCUT2D eigenvalue weighted by atomic mass is 10.2. The highest BCUT2D eigenvalue weighted by Crippen LogP contribution is 2.27. The van der Waals surface area contributed by atoms with E-state index in [2.05, 4.69) is 5.32 Å². The lowest BCUT2D eigenvalue weighted by Gasteiger charge is -2.16. The van der Waals surface area contributed by atoms with Crippen molar-refractivity contribution in [3.63, 3.8) is 0 Å². The monoisotopic (exact) mass is 349 g/mol. The molecule has 0 saturated carbocycles. The number of rotatable bonds is 7. The normalized spacial score (nSPS) is 11.5. The van der Waals surface area contributed by atoms with E-state index in [-0.39, 0.29) is 5.91 Å². The Bertz CT molecular complexity index is 705. The van der Waals surface area contributed by atoms with Crippen LogP contribution in [0.1, 0.15) is 12.5 Å². The number of carbonyl (C=O) groups is 1. The molecule has 0 heterocycles. The third-order valence-corrected chi connectivity index (χ3v) is 3.74. The van der Waals surface area contributed by atoms with Crippen molar-refractivity contribution in [1.29, 1.82) is 0 Å². The standard InChI is InChI=1S/C18H20ClNO4/c1-12(24-15-7-5-4-6-14(15)19)18(21)20-11-13-8-9-16(22-2)17(10-13)23-3/h4-10,12H,11H2,1-3H3,(H,20,21)/t12-/m0/s1. The van der Waals surface area contributed by atoms with Crippen molar-refractivity contribution in [3.8, 4) is 17.2 Å². The van der Waals surface area contributed by atoms with E-state index < -0.39 is 6.10 Å². The smallest absolute Gasteiger partial charge is 0.261 e. The molecule has 6 heteroatoms. The zero-order chi connectivity index (χ0) is 17.5. The van der Waals surface area contributed by atoms with Crippen LogP contribution in [0.2, 0.25) is 5.02 Å². The first-order valence-corrected chi connectivity index (χ1v) is 7.82. The van der Waals surface area contributed by atoms with Gasteiger partial charge in [0.2, 0.25) is 0 Å². The summed E-state index contributed by atoms with van der Waals surface area (Å²) in [5.41, 5.74) is 0.894. The van der Waals surface area contributed by atoms with E-state index in [9.17, 15) is 4.79 Å². The number of methoxy groups -OCH3 is 2. The summed E-state index contributed by atoms with van der Waals surface area (Å²) in [6, 6.07) is 12.5. The van der Waals surface area contributed by atoms with Gasteiger partial charge in [0.05, 0.1) is 19.2 Å². The molecule has 0 bridgehead atoms. The highest BCUT2D eigenvalue weighted by atomic mass is 35.5. The van der Waals surface area contributed by atoms with Crippen LogP contribution >= 0.6 is 11.6 Å². The van der Waals surface area contributed by atoms with Crippen LogP contribution in [0, 0.1) is 0 Å². The fourth-order valence-electron chi connectivity index (χ4n) is 2.11. The van der Waals surface area contributed by atoms with Crippen LogP contribution in [0.5, 0.6) is 17.2 Å². The number of ether oxygens (including phenoxy) is 3. The van der Waals surface area contributed by atoms with Crippen LogP contribution in [-0.2, 0) is 11.3 Å². The summed E-state index contributed by atoms with van der Waals surface area (Å²) < 4.78 is 16.0. The Hall–Kier alpha value is -2.40. The molecule has 0 fully saturated rings. The zero-order valence-electron chi connectivity index (χ0n) is 13.8. The minimum absolute atomic E-state index is 0.232. The number of hydrogen-bond donors (Lipinski definition) is 1. The fraction of sp³-hybridized carbons (Fsp3) is 0.278. The second-order valence-corrected chi connectivity index (χ2v) is 5.50. The first-order chi connectivity index (χ1) is 11.5. The zero-order valence-corrected chi connectivity index (χ0v) is 14.6. The molecule has 2 rings (SSSR count). The van der Waals surface area contributed by atoms with Gasteiger partial charge >= 0.3 is 0 Å². The molecule has 0 radical (unpaired) electrons. The molecule has 0 aliphatic rings. The van der Waals surface area contributed by atoms with Gasteiger partial charge in [-0.3, -0.25) is 4.79 Å². The Labute approximate surface area is 146 Å². The molecule has 1 amide bonds. The first-order valence-electron chi connectivity index (χ1n) is 7.45. The van der Waals surface area contributed by atoms with Crippen molar-refractivity contribution in [3.05, 3.63) is 53.1 Å². The summed E-state index contributed by atoms with van der Waals surface area (Å²) in [5, 5.41) is 3.29. The molecule has 0 aliphatic carbocycles. The second kappa shape index (κ2) is 8.45. The third-order valence-electron chi connectivity index (χ3n) is 3.42. The van der Waals surface area contributed by atoms with Crippen molar-refractivity contribution >= 4 is 17.5 Å².